The highest BCUT2D eigenvalue weighted by molar-refractivity contribution is 5.75. The quantitative estimate of drug-likeness (QED) is 0.739. The molecule has 2 aromatic carbocycles. The van der Waals surface area contributed by atoms with Crippen LogP contribution in [0, 0.1) is 5.82 Å². The number of fused-ring (bicyclic) bond motifs is 3. The van der Waals surface area contributed by atoms with E-state index >= 15 is 0 Å². The Bertz CT molecular complexity index is 792. The molecule has 0 unspecified atom stereocenters. The highest BCUT2D eigenvalue weighted by atomic mass is 19.1. The molecule has 0 fully saturated rings. The number of nitrogens with zero attached hydrogens (tertiary/aromatic N) is 3. The molecule has 3 aromatic rings. The van der Waals surface area contributed by atoms with Crippen molar-refractivity contribution in [3.8, 4) is 0 Å². The van der Waals surface area contributed by atoms with E-state index in [-0.39, 0.29) is 5.82 Å². The van der Waals surface area contributed by atoms with E-state index in [1.807, 2.05) is 18.2 Å². The lowest BCUT2D eigenvalue weighted by Crippen LogP contribution is -2.35. The molecule has 1 aromatic heterocycles. The third-order valence-corrected chi connectivity index (χ3v) is 4.37. The number of hydrogen-bond donors (Lipinski definition) is 0. The first-order chi connectivity index (χ1) is 10.8. The Labute approximate surface area is 129 Å². The van der Waals surface area contributed by atoms with Crippen molar-refractivity contribution in [3.63, 3.8) is 0 Å². The van der Waals surface area contributed by atoms with Gasteiger partial charge in [-0.05, 0) is 36.2 Å². The van der Waals surface area contributed by atoms with E-state index in [0.717, 1.165) is 43.9 Å². The van der Waals surface area contributed by atoms with Crippen molar-refractivity contribution >= 4 is 11.0 Å². The highest BCUT2D eigenvalue weighted by Crippen LogP contribution is 2.20. The fourth-order valence-corrected chi connectivity index (χ4v) is 3.15. The van der Waals surface area contributed by atoms with Gasteiger partial charge >= 0.3 is 0 Å². The maximum atomic E-state index is 12.9. The van der Waals surface area contributed by atoms with E-state index < -0.39 is 0 Å². The van der Waals surface area contributed by atoms with Crippen molar-refractivity contribution in [2.75, 3.05) is 13.1 Å². The lowest BCUT2D eigenvalue weighted by molar-refractivity contribution is 0.222. The van der Waals surface area contributed by atoms with E-state index in [4.69, 9.17) is 4.98 Å². The third kappa shape index (κ3) is 2.50. The van der Waals surface area contributed by atoms with Crippen molar-refractivity contribution in [1.29, 1.82) is 0 Å². The van der Waals surface area contributed by atoms with Crippen LogP contribution in [0.15, 0.2) is 48.5 Å². The van der Waals surface area contributed by atoms with Crippen LogP contribution in [-0.4, -0.2) is 27.5 Å². The molecule has 0 atom stereocenters. The Hall–Kier alpha value is -2.20. The summed E-state index contributed by atoms with van der Waals surface area (Å²) < 4.78 is 15.3. The molecule has 0 N–H and O–H groups in total. The van der Waals surface area contributed by atoms with E-state index in [0.29, 0.717) is 0 Å². The summed E-state index contributed by atoms with van der Waals surface area (Å²) in [6.07, 6.45) is 0.945. The molecular formula is C18H18FN3. The Balaban J connectivity index is 1.46. The standard InChI is InChI=1S/C18H18FN3/c19-15-7-5-14(6-8-15)9-10-21-11-12-22-17-4-2-1-3-16(17)20-18(22)13-21/h1-8H,9-13H2. The molecule has 22 heavy (non-hydrogen) atoms. The molecule has 0 aliphatic carbocycles. The molecule has 0 bridgehead atoms. The van der Waals surface area contributed by atoms with E-state index in [1.54, 1.807) is 0 Å². The number of para-hydroxylation sites is 2. The molecule has 4 heteroatoms. The smallest absolute Gasteiger partial charge is 0.124 e. The van der Waals surface area contributed by atoms with Gasteiger partial charge in [-0.1, -0.05) is 24.3 Å². The largest absolute Gasteiger partial charge is 0.326 e. The number of imidazole rings is 1. The van der Waals surface area contributed by atoms with Gasteiger partial charge in [-0.3, -0.25) is 4.90 Å². The minimum Gasteiger partial charge on any atom is -0.326 e. The second kappa shape index (κ2) is 5.54. The molecule has 2 heterocycles. The van der Waals surface area contributed by atoms with Gasteiger partial charge in [-0.25, -0.2) is 9.37 Å². The molecule has 0 spiro atoms. The second-order valence-corrected chi connectivity index (χ2v) is 5.82. The predicted molar refractivity (Wildman–Crippen MR) is 85.1 cm³/mol. The number of halogens is 1. The molecule has 1 aliphatic rings. The minimum absolute atomic E-state index is 0.171. The lowest BCUT2D eigenvalue weighted by atomic mass is 10.1. The van der Waals surface area contributed by atoms with Crippen molar-refractivity contribution in [2.24, 2.45) is 0 Å². The summed E-state index contributed by atoms with van der Waals surface area (Å²) in [5, 5.41) is 0. The average Bonchev–Trinajstić information content (AvgIpc) is 2.92. The van der Waals surface area contributed by atoms with Crippen LogP contribution in [0.5, 0.6) is 0 Å². The fourth-order valence-electron chi connectivity index (χ4n) is 3.15. The summed E-state index contributed by atoms with van der Waals surface area (Å²) in [4.78, 5) is 7.16. The van der Waals surface area contributed by atoms with E-state index in [9.17, 15) is 4.39 Å². The second-order valence-electron chi connectivity index (χ2n) is 5.82. The molecule has 0 saturated carbocycles. The molecule has 0 saturated heterocycles. The maximum Gasteiger partial charge on any atom is 0.124 e. The number of rotatable bonds is 3. The van der Waals surface area contributed by atoms with Gasteiger partial charge in [-0.2, -0.15) is 0 Å². The lowest BCUT2D eigenvalue weighted by Gasteiger charge is -2.27. The first kappa shape index (κ1) is 13.5. The zero-order valence-electron chi connectivity index (χ0n) is 12.4. The molecule has 1 aliphatic heterocycles. The van der Waals surface area contributed by atoms with Crippen molar-refractivity contribution in [3.05, 3.63) is 65.7 Å². The van der Waals surface area contributed by atoms with Crippen LogP contribution < -0.4 is 0 Å². The molecule has 3 nitrogen and oxygen atoms in total. The normalized spacial score (nSPS) is 15.1. The van der Waals surface area contributed by atoms with Crippen LogP contribution in [0.2, 0.25) is 0 Å². The van der Waals surface area contributed by atoms with Gasteiger partial charge in [-0.15, -0.1) is 0 Å². The molecule has 0 amide bonds. The summed E-state index contributed by atoms with van der Waals surface area (Å²) >= 11 is 0. The zero-order valence-corrected chi connectivity index (χ0v) is 12.4. The van der Waals surface area contributed by atoms with Gasteiger partial charge in [0.1, 0.15) is 11.6 Å². The SMILES string of the molecule is Fc1ccc(CCN2CCn3c(nc4ccccc43)C2)cc1. The van der Waals surface area contributed by atoms with Crippen LogP contribution in [0.1, 0.15) is 11.4 Å². The average molecular weight is 295 g/mol. The van der Waals surface area contributed by atoms with Gasteiger partial charge in [0.15, 0.2) is 0 Å². The molecule has 112 valence electrons. The van der Waals surface area contributed by atoms with E-state index in [1.165, 1.54) is 23.2 Å². The number of hydrogen-bond acceptors (Lipinski definition) is 2. The van der Waals surface area contributed by atoms with Crippen LogP contribution in [0.25, 0.3) is 11.0 Å². The van der Waals surface area contributed by atoms with Gasteiger partial charge in [0.05, 0.1) is 17.6 Å². The Morgan fingerprint density at radius 2 is 1.82 bits per heavy atom. The Morgan fingerprint density at radius 1 is 1.00 bits per heavy atom. The van der Waals surface area contributed by atoms with Gasteiger partial charge < -0.3 is 4.57 Å². The summed E-state index contributed by atoms with van der Waals surface area (Å²) in [6, 6.07) is 15.1. The topological polar surface area (TPSA) is 21.1 Å². The minimum atomic E-state index is -0.171. The van der Waals surface area contributed by atoms with Crippen LogP contribution in [0.4, 0.5) is 4.39 Å². The maximum absolute atomic E-state index is 12.9. The van der Waals surface area contributed by atoms with Crippen molar-refractivity contribution in [1.82, 2.24) is 14.5 Å². The van der Waals surface area contributed by atoms with Crippen LogP contribution in [0.3, 0.4) is 0 Å². The Morgan fingerprint density at radius 3 is 2.68 bits per heavy atom. The summed E-state index contributed by atoms with van der Waals surface area (Å²) in [7, 11) is 0. The molecule has 0 radical (unpaired) electrons. The highest BCUT2D eigenvalue weighted by Gasteiger charge is 2.19. The molecule has 4 rings (SSSR count). The van der Waals surface area contributed by atoms with Crippen molar-refractivity contribution < 1.29 is 4.39 Å². The summed E-state index contributed by atoms with van der Waals surface area (Å²) in [6.45, 7) is 3.89. The first-order valence-corrected chi connectivity index (χ1v) is 7.70. The predicted octanol–water partition coefficient (Wildman–Crippen LogP) is 3.23. The third-order valence-electron chi connectivity index (χ3n) is 4.37. The number of benzene rings is 2. The van der Waals surface area contributed by atoms with Crippen molar-refractivity contribution in [2.45, 2.75) is 19.5 Å². The fraction of sp³-hybridized carbons (Fsp3) is 0.278. The van der Waals surface area contributed by atoms with Gasteiger partial charge in [0.25, 0.3) is 0 Å². The monoisotopic (exact) mass is 295 g/mol. The summed E-state index contributed by atoms with van der Waals surface area (Å²) in [5.41, 5.74) is 3.49. The first-order valence-electron chi connectivity index (χ1n) is 7.70. The van der Waals surface area contributed by atoms with E-state index in [2.05, 4.69) is 27.7 Å². The number of aromatic nitrogens is 2. The van der Waals surface area contributed by atoms with Crippen LogP contribution in [-0.2, 0) is 19.5 Å². The zero-order chi connectivity index (χ0) is 14.9. The van der Waals surface area contributed by atoms with Gasteiger partial charge in [0.2, 0.25) is 0 Å². The molecular weight excluding hydrogens is 277 g/mol. The Kier molecular flexibility index (Phi) is 3.39. The van der Waals surface area contributed by atoms with Gasteiger partial charge in [0, 0.05) is 19.6 Å². The van der Waals surface area contributed by atoms with Crippen LogP contribution >= 0.6 is 0 Å². The summed E-state index contributed by atoms with van der Waals surface area (Å²) in [5.74, 6) is 0.974.